The van der Waals surface area contributed by atoms with Crippen LogP contribution >= 0.6 is 0 Å². The molecule has 0 bridgehead atoms. The predicted molar refractivity (Wildman–Crippen MR) is 110 cm³/mol. The first-order valence-corrected chi connectivity index (χ1v) is 9.65. The van der Waals surface area contributed by atoms with Crippen LogP contribution < -0.4 is 4.74 Å². The van der Waals surface area contributed by atoms with Gasteiger partial charge in [0.25, 0.3) is 5.91 Å². The molecule has 0 aliphatic carbocycles. The number of carbonyl (C=O) groups excluding carboxylic acids is 1. The number of amides is 1. The minimum absolute atomic E-state index is 0.0189. The molecular weight excluding hydrogens is 364 g/mol. The van der Waals surface area contributed by atoms with Crippen LogP contribution in [-0.4, -0.2) is 32.5 Å². The van der Waals surface area contributed by atoms with E-state index in [-0.39, 0.29) is 5.91 Å². The van der Waals surface area contributed by atoms with Crippen molar-refractivity contribution in [1.82, 2.24) is 20.1 Å². The summed E-state index contributed by atoms with van der Waals surface area (Å²) in [7, 11) is 0. The summed E-state index contributed by atoms with van der Waals surface area (Å²) < 4.78 is 5.86. The number of nitrogens with zero attached hydrogens (tertiary/aromatic N) is 3. The Morgan fingerprint density at radius 1 is 1.07 bits per heavy atom. The molecular formula is C23H20N4O2. The van der Waals surface area contributed by atoms with E-state index in [1.54, 1.807) is 6.20 Å². The number of fused-ring (bicyclic) bond motifs is 2. The fourth-order valence-electron chi connectivity index (χ4n) is 3.78. The van der Waals surface area contributed by atoms with Crippen molar-refractivity contribution in [3.63, 3.8) is 0 Å². The van der Waals surface area contributed by atoms with E-state index in [1.165, 1.54) is 0 Å². The number of aromatic amines is 1. The van der Waals surface area contributed by atoms with Crippen molar-refractivity contribution in [2.75, 3.05) is 6.54 Å². The van der Waals surface area contributed by atoms with Crippen molar-refractivity contribution in [2.45, 2.75) is 19.6 Å². The number of carbonyl (C=O) groups is 1. The number of rotatable bonds is 4. The molecule has 29 heavy (non-hydrogen) atoms. The molecule has 1 aliphatic rings. The summed E-state index contributed by atoms with van der Waals surface area (Å²) in [6.07, 6.45) is 2.50. The average Bonchev–Trinajstić information content (AvgIpc) is 3.20. The molecule has 1 aliphatic heterocycles. The van der Waals surface area contributed by atoms with E-state index in [9.17, 15) is 4.79 Å². The number of nitrogens with one attached hydrogen (secondary N) is 1. The van der Waals surface area contributed by atoms with E-state index in [0.717, 1.165) is 40.0 Å². The lowest BCUT2D eigenvalue weighted by atomic mass is 10.0. The van der Waals surface area contributed by atoms with Crippen LogP contribution in [0.1, 0.15) is 27.3 Å². The molecule has 0 unspecified atom stereocenters. The van der Waals surface area contributed by atoms with Gasteiger partial charge in [0, 0.05) is 47.9 Å². The van der Waals surface area contributed by atoms with Gasteiger partial charge in [-0.1, -0.05) is 30.3 Å². The summed E-state index contributed by atoms with van der Waals surface area (Å²) in [5.41, 5.74) is 4.50. The summed E-state index contributed by atoms with van der Waals surface area (Å²) in [6.45, 7) is 1.55. The second-order valence-electron chi connectivity index (χ2n) is 7.08. The average molecular weight is 384 g/mol. The van der Waals surface area contributed by atoms with Gasteiger partial charge in [-0.15, -0.1) is 0 Å². The van der Waals surface area contributed by atoms with E-state index in [0.29, 0.717) is 25.3 Å². The van der Waals surface area contributed by atoms with Crippen LogP contribution in [0.15, 0.2) is 66.9 Å². The maximum absolute atomic E-state index is 13.3. The third kappa shape index (κ3) is 3.33. The molecule has 0 fully saturated rings. The van der Waals surface area contributed by atoms with Gasteiger partial charge in [0.15, 0.2) is 0 Å². The molecule has 2 aromatic carbocycles. The van der Waals surface area contributed by atoms with Gasteiger partial charge < -0.3 is 9.64 Å². The van der Waals surface area contributed by atoms with Gasteiger partial charge in [0.05, 0.1) is 5.52 Å². The number of pyridine rings is 1. The minimum Gasteiger partial charge on any atom is -0.487 e. The highest BCUT2D eigenvalue weighted by Gasteiger charge is 2.26. The molecule has 1 N–H and O–H groups in total. The first-order valence-electron chi connectivity index (χ1n) is 9.65. The Kier molecular flexibility index (Phi) is 4.44. The highest BCUT2D eigenvalue weighted by atomic mass is 16.5. The SMILES string of the molecule is O=C(c1cccc2ncccc12)N1CCc2[nH]nc(COc3ccccc3)c2C1. The maximum atomic E-state index is 13.3. The fourth-order valence-corrected chi connectivity index (χ4v) is 3.78. The number of aromatic nitrogens is 3. The van der Waals surface area contributed by atoms with Gasteiger partial charge in [-0.2, -0.15) is 5.10 Å². The number of benzene rings is 2. The highest BCUT2D eigenvalue weighted by molar-refractivity contribution is 6.06. The van der Waals surface area contributed by atoms with Crippen molar-refractivity contribution >= 4 is 16.8 Å². The first-order chi connectivity index (χ1) is 14.3. The Balaban J connectivity index is 1.38. The molecule has 4 aromatic rings. The smallest absolute Gasteiger partial charge is 0.254 e. The van der Waals surface area contributed by atoms with Crippen LogP contribution in [0.2, 0.25) is 0 Å². The number of H-pyrrole nitrogens is 1. The topological polar surface area (TPSA) is 71.1 Å². The second-order valence-corrected chi connectivity index (χ2v) is 7.08. The molecule has 0 saturated carbocycles. The normalized spacial score (nSPS) is 13.3. The van der Waals surface area contributed by atoms with Gasteiger partial charge >= 0.3 is 0 Å². The fraction of sp³-hybridized carbons (Fsp3) is 0.174. The molecule has 3 heterocycles. The molecule has 2 aromatic heterocycles. The Labute approximate surface area is 168 Å². The standard InChI is InChI=1S/C23H20N4O2/c28-23(18-8-4-10-20-17(18)9-5-12-24-20)27-13-11-21-19(14-27)22(26-25-21)15-29-16-6-2-1-3-7-16/h1-10,12H,11,13-15H2,(H,25,26). The number of hydrogen-bond donors (Lipinski definition) is 1. The molecule has 1 amide bonds. The zero-order chi connectivity index (χ0) is 19.6. The van der Waals surface area contributed by atoms with Gasteiger partial charge in [-0.25, -0.2) is 0 Å². The molecule has 0 atom stereocenters. The lowest BCUT2D eigenvalue weighted by Crippen LogP contribution is -2.36. The summed E-state index contributed by atoms with van der Waals surface area (Å²) in [5.74, 6) is 0.821. The third-order valence-electron chi connectivity index (χ3n) is 5.30. The van der Waals surface area contributed by atoms with Crippen LogP contribution in [0.25, 0.3) is 10.9 Å². The zero-order valence-electron chi connectivity index (χ0n) is 15.8. The Morgan fingerprint density at radius 2 is 1.97 bits per heavy atom. The Hall–Kier alpha value is -3.67. The van der Waals surface area contributed by atoms with Crippen LogP contribution in [-0.2, 0) is 19.6 Å². The Morgan fingerprint density at radius 3 is 2.86 bits per heavy atom. The van der Waals surface area contributed by atoms with Crippen LogP contribution in [0.4, 0.5) is 0 Å². The van der Waals surface area contributed by atoms with Crippen LogP contribution in [0, 0.1) is 0 Å². The molecule has 144 valence electrons. The molecule has 5 rings (SSSR count). The maximum Gasteiger partial charge on any atom is 0.254 e. The molecule has 0 spiro atoms. The highest BCUT2D eigenvalue weighted by Crippen LogP contribution is 2.25. The van der Waals surface area contributed by atoms with Crippen molar-refractivity contribution in [3.8, 4) is 5.75 Å². The molecule has 0 radical (unpaired) electrons. The van der Waals surface area contributed by atoms with Crippen molar-refractivity contribution in [1.29, 1.82) is 0 Å². The van der Waals surface area contributed by atoms with E-state index in [2.05, 4.69) is 15.2 Å². The quantitative estimate of drug-likeness (QED) is 0.582. The lowest BCUT2D eigenvalue weighted by Gasteiger charge is -2.27. The van der Waals surface area contributed by atoms with Gasteiger partial charge in [-0.3, -0.25) is 14.9 Å². The van der Waals surface area contributed by atoms with Crippen molar-refractivity contribution in [2.24, 2.45) is 0 Å². The summed E-state index contributed by atoms with van der Waals surface area (Å²) in [6, 6.07) is 19.2. The van der Waals surface area contributed by atoms with Gasteiger partial charge in [0.2, 0.25) is 0 Å². The summed E-state index contributed by atoms with van der Waals surface area (Å²) >= 11 is 0. The summed E-state index contributed by atoms with van der Waals surface area (Å²) in [4.78, 5) is 19.5. The predicted octanol–water partition coefficient (Wildman–Crippen LogP) is 3.74. The van der Waals surface area contributed by atoms with Crippen LogP contribution in [0.5, 0.6) is 5.75 Å². The van der Waals surface area contributed by atoms with Crippen molar-refractivity contribution < 1.29 is 9.53 Å². The molecule has 6 heteroatoms. The van der Waals surface area contributed by atoms with Gasteiger partial charge in [0.1, 0.15) is 18.1 Å². The monoisotopic (exact) mass is 384 g/mol. The zero-order valence-corrected chi connectivity index (χ0v) is 15.8. The summed E-state index contributed by atoms with van der Waals surface area (Å²) in [5, 5.41) is 8.42. The van der Waals surface area contributed by atoms with E-state index >= 15 is 0 Å². The Bertz CT molecular complexity index is 1160. The van der Waals surface area contributed by atoms with E-state index < -0.39 is 0 Å². The van der Waals surface area contributed by atoms with E-state index in [4.69, 9.17) is 4.74 Å². The largest absolute Gasteiger partial charge is 0.487 e. The lowest BCUT2D eigenvalue weighted by molar-refractivity contribution is 0.0735. The number of hydrogen-bond acceptors (Lipinski definition) is 4. The number of para-hydroxylation sites is 1. The second kappa shape index (κ2) is 7.39. The third-order valence-corrected chi connectivity index (χ3v) is 5.30. The first kappa shape index (κ1) is 17.4. The molecule has 6 nitrogen and oxygen atoms in total. The minimum atomic E-state index is 0.0189. The van der Waals surface area contributed by atoms with E-state index in [1.807, 2.05) is 65.6 Å². The van der Waals surface area contributed by atoms with Gasteiger partial charge in [-0.05, 0) is 30.3 Å². The molecule has 0 saturated heterocycles. The number of ether oxygens (including phenoxy) is 1. The van der Waals surface area contributed by atoms with Crippen LogP contribution in [0.3, 0.4) is 0 Å². The van der Waals surface area contributed by atoms with Crippen molar-refractivity contribution in [3.05, 3.63) is 89.4 Å².